The standard InChI is InChI=1S/C20H19FN6O2/c1-3-14-5-4-6-18(27-20(28)25(2)23-24-27)17(14)13-29-19-11-12-26(22-19)16-9-7-15(21)8-10-16/h4-12H,3,13H2,1-2H3. The quantitative estimate of drug-likeness (QED) is 0.502. The molecule has 4 aromatic rings. The Bertz CT molecular complexity index is 1190. The lowest BCUT2D eigenvalue weighted by atomic mass is 10.0. The smallest absolute Gasteiger partial charge is 0.368 e. The fraction of sp³-hybridized carbons (Fsp3) is 0.200. The van der Waals surface area contributed by atoms with Crippen molar-refractivity contribution in [2.45, 2.75) is 20.0 Å². The molecular weight excluding hydrogens is 375 g/mol. The molecule has 4 rings (SSSR count). The van der Waals surface area contributed by atoms with Crippen LogP contribution in [0.15, 0.2) is 59.5 Å². The van der Waals surface area contributed by atoms with Crippen LogP contribution in [0.4, 0.5) is 4.39 Å². The van der Waals surface area contributed by atoms with Crippen LogP contribution < -0.4 is 10.4 Å². The maximum Gasteiger partial charge on any atom is 0.368 e. The molecule has 2 aromatic carbocycles. The minimum absolute atomic E-state index is 0.211. The summed E-state index contributed by atoms with van der Waals surface area (Å²) >= 11 is 0. The molecule has 0 atom stereocenters. The Balaban J connectivity index is 1.61. The van der Waals surface area contributed by atoms with Crippen LogP contribution in [-0.2, 0) is 20.1 Å². The normalized spacial score (nSPS) is 11.0. The van der Waals surface area contributed by atoms with Crippen molar-refractivity contribution in [2.24, 2.45) is 7.05 Å². The van der Waals surface area contributed by atoms with Crippen molar-refractivity contribution >= 4 is 0 Å². The summed E-state index contributed by atoms with van der Waals surface area (Å²) in [5, 5.41) is 12.1. The molecule has 0 fully saturated rings. The molecule has 0 aliphatic carbocycles. The van der Waals surface area contributed by atoms with E-state index in [9.17, 15) is 9.18 Å². The highest BCUT2D eigenvalue weighted by atomic mass is 19.1. The van der Waals surface area contributed by atoms with E-state index in [4.69, 9.17) is 4.74 Å². The van der Waals surface area contributed by atoms with Crippen molar-refractivity contribution in [1.82, 2.24) is 29.6 Å². The van der Waals surface area contributed by atoms with Crippen molar-refractivity contribution in [3.8, 4) is 17.3 Å². The average Bonchev–Trinajstić information content (AvgIpc) is 3.34. The number of halogens is 1. The summed E-state index contributed by atoms with van der Waals surface area (Å²) in [7, 11) is 1.55. The van der Waals surface area contributed by atoms with E-state index in [0.29, 0.717) is 11.6 Å². The molecule has 29 heavy (non-hydrogen) atoms. The van der Waals surface area contributed by atoms with E-state index in [1.165, 1.54) is 21.5 Å². The summed E-state index contributed by atoms with van der Waals surface area (Å²) in [6, 6.07) is 13.4. The number of aryl methyl sites for hydroxylation is 2. The van der Waals surface area contributed by atoms with Crippen LogP contribution in [0.5, 0.6) is 5.88 Å². The van der Waals surface area contributed by atoms with Gasteiger partial charge in [0.05, 0.1) is 11.4 Å². The van der Waals surface area contributed by atoms with E-state index in [2.05, 4.69) is 15.5 Å². The van der Waals surface area contributed by atoms with Gasteiger partial charge in [0.1, 0.15) is 12.4 Å². The Morgan fingerprint density at radius 2 is 1.86 bits per heavy atom. The van der Waals surface area contributed by atoms with Crippen molar-refractivity contribution in [2.75, 3.05) is 0 Å². The van der Waals surface area contributed by atoms with Crippen LogP contribution >= 0.6 is 0 Å². The van der Waals surface area contributed by atoms with Gasteiger partial charge in [0.25, 0.3) is 0 Å². The topological polar surface area (TPSA) is 79.8 Å². The molecule has 0 aliphatic rings. The molecule has 0 spiro atoms. The third-order valence-electron chi connectivity index (χ3n) is 4.60. The number of rotatable bonds is 6. The summed E-state index contributed by atoms with van der Waals surface area (Å²) in [6.45, 7) is 2.24. The number of tetrazole rings is 1. The summed E-state index contributed by atoms with van der Waals surface area (Å²) in [5.74, 6) is 0.109. The fourth-order valence-electron chi connectivity index (χ4n) is 3.05. The number of nitrogens with zero attached hydrogens (tertiary/aromatic N) is 6. The summed E-state index contributed by atoms with van der Waals surface area (Å²) in [6.07, 6.45) is 2.51. The lowest BCUT2D eigenvalue weighted by molar-refractivity contribution is 0.290. The molecule has 9 heteroatoms. The molecule has 0 unspecified atom stereocenters. The number of benzene rings is 2. The van der Waals surface area contributed by atoms with Crippen molar-refractivity contribution in [3.05, 3.63) is 82.2 Å². The van der Waals surface area contributed by atoms with Crippen LogP contribution in [0.25, 0.3) is 11.4 Å². The molecule has 0 N–H and O–H groups in total. The van der Waals surface area contributed by atoms with Gasteiger partial charge in [-0.25, -0.2) is 13.9 Å². The number of aromatic nitrogens is 6. The second kappa shape index (κ2) is 7.70. The summed E-state index contributed by atoms with van der Waals surface area (Å²) < 4.78 is 23.0. The van der Waals surface area contributed by atoms with Gasteiger partial charge >= 0.3 is 5.69 Å². The van der Waals surface area contributed by atoms with Crippen LogP contribution in [0.3, 0.4) is 0 Å². The molecule has 0 saturated carbocycles. The van der Waals surface area contributed by atoms with Crippen molar-refractivity contribution in [3.63, 3.8) is 0 Å². The first kappa shape index (κ1) is 18.6. The van der Waals surface area contributed by atoms with Gasteiger partial charge in [-0.05, 0) is 52.7 Å². The highest BCUT2D eigenvalue weighted by Gasteiger charge is 2.15. The number of hydrogen-bond acceptors (Lipinski definition) is 5. The molecule has 0 saturated heterocycles. The Kier molecular flexibility index (Phi) is 4.94. The summed E-state index contributed by atoms with van der Waals surface area (Å²) in [4.78, 5) is 12.3. The van der Waals surface area contributed by atoms with Gasteiger partial charge < -0.3 is 4.74 Å². The first-order chi connectivity index (χ1) is 14.1. The van der Waals surface area contributed by atoms with Crippen LogP contribution in [-0.4, -0.2) is 29.6 Å². The van der Waals surface area contributed by atoms with Crippen molar-refractivity contribution < 1.29 is 9.13 Å². The zero-order valence-corrected chi connectivity index (χ0v) is 16.0. The zero-order chi connectivity index (χ0) is 20.4. The van der Waals surface area contributed by atoms with E-state index in [1.54, 1.807) is 36.1 Å². The van der Waals surface area contributed by atoms with Gasteiger partial charge in [0.15, 0.2) is 0 Å². The molecule has 2 aromatic heterocycles. The third-order valence-corrected chi connectivity index (χ3v) is 4.60. The SMILES string of the molecule is CCc1cccc(-n2nnn(C)c2=O)c1COc1ccn(-c2ccc(F)cc2)n1. The van der Waals surface area contributed by atoms with Crippen LogP contribution in [0, 0.1) is 5.82 Å². The van der Waals surface area contributed by atoms with E-state index in [-0.39, 0.29) is 18.1 Å². The molecule has 8 nitrogen and oxygen atoms in total. The Morgan fingerprint density at radius 1 is 1.07 bits per heavy atom. The second-order valence-electron chi connectivity index (χ2n) is 6.43. The molecule has 0 aliphatic heterocycles. The van der Waals surface area contributed by atoms with Gasteiger partial charge in [-0.2, -0.15) is 9.36 Å². The fourth-order valence-corrected chi connectivity index (χ4v) is 3.05. The lowest BCUT2D eigenvalue weighted by Crippen LogP contribution is -2.23. The van der Waals surface area contributed by atoms with Gasteiger partial charge in [-0.3, -0.25) is 0 Å². The lowest BCUT2D eigenvalue weighted by Gasteiger charge is -2.13. The number of ether oxygens (including phenoxy) is 1. The molecule has 0 bridgehead atoms. The third kappa shape index (κ3) is 3.66. The van der Waals surface area contributed by atoms with E-state index in [1.807, 2.05) is 25.1 Å². The Labute approximate surface area is 165 Å². The first-order valence-electron chi connectivity index (χ1n) is 9.11. The molecule has 0 radical (unpaired) electrons. The van der Waals surface area contributed by atoms with Gasteiger partial charge in [0, 0.05) is 24.9 Å². The monoisotopic (exact) mass is 394 g/mol. The van der Waals surface area contributed by atoms with Gasteiger partial charge in [0.2, 0.25) is 5.88 Å². The molecular formula is C20H19FN6O2. The van der Waals surface area contributed by atoms with Gasteiger partial charge in [-0.15, -0.1) is 5.10 Å². The largest absolute Gasteiger partial charge is 0.472 e. The predicted molar refractivity (Wildman–Crippen MR) is 104 cm³/mol. The highest BCUT2D eigenvalue weighted by Crippen LogP contribution is 2.21. The summed E-state index contributed by atoms with van der Waals surface area (Å²) in [5.41, 5.74) is 2.90. The van der Waals surface area contributed by atoms with E-state index >= 15 is 0 Å². The Morgan fingerprint density at radius 3 is 2.55 bits per heavy atom. The van der Waals surface area contributed by atoms with E-state index < -0.39 is 0 Å². The highest BCUT2D eigenvalue weighted by molar-refractivity contribution is 5.45. The van der Waals surface area contributed by atoms with E-state index in [0.717, 1.165) is 23.2 Å². The average molecular weight is 394 g/mol. The van der Waals surface area contributed by atoms with Crippen LogP contribution in [0.2, 0.25) is 0 Å². The Hall–Kier alpha value is -3.75. The minimum atomic E-state index is -0.333. The second-order valence-corrected chi connectivity index (χ2v) is 6.43. The molecule has 2 heterocycles. The number of hydrogen-bond donors (Lipinski definition) is 0. The zero-order valence-electron chi connectivity index (χ0n) is 16.0. The van der Waals surface area contributed by atoms with Gasteiger partial charge in [-0.1, -0.05) is 19.1 Å². The first-order valence-corrected chi connectivity index (χ1v) is 9.11. The molecule has 0 amide bonds. The van der Waals surface area contributed by atoms with Crippen molar-refractivity contribution in [1.29, 1.82) is 0 Å². The maximum absolute atomic E-state index is 13.1. The minimum Gasteiger partial charge on any atom is -0.472 e. The molecule has 148 valence electrons. The predicted octanol–water partition coefficient (Wildman–Crippen LogP) is 2.43. The maximum atomic E-state index is 13.1. The van der Waals surface area contributed by atoms with Crippen LogP contribution in [0.1, 0.15) is 18.1 Å².